The van der Waals surface area contributed by atoms with Crippen molar-refractivity contribution in [3.05, 3.63) is 66.4 Å². The standard InChI is InChI=1S/C28H29N7O/c36-26(28-13-19-9-20(14-28)11-21(10-19)15-28)29-16-18-5-4-8-23(12-18)35-25-24(33-34-35)17-30-27(32-25)31-22-6-2-1-3-7-22/h1-8,12,17,19-21H,9-11,13-16H2,(H,29,36)(H,30,31,32). The van der Waals surface area contributed by atoms with E-state index < -0.39 is 0 Å². The molecule has 0 spiro atoms. The van der Waals surface area contributed by atoms with Crippen LogP contribution in [0.3, 0.4) is 0 Å². The molecule has 4 saturated carbocycles. The topological polar surface area (TPSA) is 97.6 Å². The van der Waals surface area contributed by atoms with Gasteiger partial charge in [-0.25, -0.2) is 4.98 Å². The van der Waals surface area contributed by atoms with Crippen molar-refractivity contribution in [2.45, 2.75) is 45.1 Å². The predicted molar refractivity (Wildman–Crippen MR) is 137 cm³/mol. The van der Waals surface area contributed by atoms with E-state index in [0.717, 1.165) is 54.0 Å². The molecule has 8 heteroatoms. The zero-order valence-electron chi connectivity index (χ0n) is 20.1. The molecule has 0 aliphatic heterocycles. The number of anilines is 2. The van der Waals surface area contributed by atoms with Gasteiger partial charge in [-0.05, 0) is 86.1 Å². The van der Waals surface area contributed by atoms with E-state index in [-0.39, 0.29) is 11.3 Å². The maximum absolute atomic E-state index is 13.4. The third-order valence-corrected chi connectivity index (χ3v) is 8.35. The second-order valence-electron chi connectivity index (χ2n) is 10.9. The molecule has 4 aliphatic carbocycles. The van der Waals surface area contributed by atoms with Crippen LogP contribution >= 0.6 is 0 Å². The van der Waals surface area contributed by atoms with Crippen LogP contribution in [0.1, 0.15) is 44.1 Å². The van der Waals surface area contributed by atoms with Crippen LogP contribution in [-0.4, -0.2) is 30.9 Å². The lowest BCUT2D eigenvalue weighted by Crippen LogP contribution is -2.53. The van der Waals surface area contributed by atoms with Gasteiger partial charge in [0.2, 0.25) is 11.9 Å². The van der Waals surface area contributed by atoms with E-state index in [0.29, 0.717) is 23.7 Å². The van der Waals surface area contributed by atoms with E-state index in [1.165, 1.54) is 19.3 Å². The highest BCUT2D eigenvalue weighted by Crippen LogP contribution is 2.60. The molecule has 2 aromatic carbocycles. The lowest BCUT2D eigenvalue weighted by molar-refractivity contribution is -0.146. The van der Waals surface area contributed by atoms with E-state index in [1.54, 1.807) is 10.9 Å². The highest BCUT2D eigenvalue weighted by molar-refractivity contribution is 5.83. The molecule has 2 aromatic heterocycles. The number of nitrogens with zero attached hydrogens (tertiary/aromatic N) is 5. The Morgan fingerprint density at radius 2 is 1.72 bits per heavy atom. The summed E-state index contributed by atoms with van der Waals surface area (Å²) in [6.45, 7) is 0.511. The number of fused-ring (bicyclic) bond motifs is 1. The van der Waals surface area contributed by atoms with Gasteiger partial charge in [0.05, 0.1) is 11.9 Å². The number of rotatable bonds is 6. The number of para-hydroxylation sites is 1. The lowest BCUT2D eigenvalue weighted by Gasteiger charge is -2.55. The van der Waals surface area contributed by atoms with Crippen molar-refractivity contribution >= 4 is 28.7 Å². The monoisotopic (exact) mass is 479 g/mol. The highest BCUT2D eigenvalue weighted by Gasteiger charge is 2.54. The number of carbonyl (C=O) groups excluding carboxylic acids is 1. The fraction of sp³-hybridized carbons (Fsp3) is 0.393. The van der Waals surface area contributed by atoms with Crippen LogP contribution in [0, 0.1) is 23.2 Å². The number of benzene rings is 2. The fourth-order valence-electron chi connectivity index (χ4n) is 7.17. The molecule has 4 aromatic rings. The number of aromatic nitrogens is 5. The Morgan fingerprint density at radius 3 is 2.47 bits per heavy atom. The van der Waals surface area contributed by atoms with Gasteiger partial charge < -0.3 is 10.6 Å². The summed E-state index contributed by atoms with van der Waals surface area (Å²) in [5.74, 6) is 3.01. The van der Waals surface area contributed by atoms with Gasteiger partial charge in [-0.3, -0.25) is 4.79 Å². The normalized spacial score (nSPS) is 26.3. The molecule has 2 heterocycles. The summed E-state index contributed by atoms with van der Waals surface area (Å²) in [4.78, 5) is 22.4. The van der Waals surface area contributed by atoms with Crippen molar-refractivity contribution in [1.82, 2.24) is 30.3 Å². The van der Waals surface area contributed by atoms with Gasteiger partial charge in [-0.1, -0.05) is 35.5 Å². The van der Waals surface area contributed by atoms with Gasteiger partial charge in [-0.2, -0.15) is 9.67 Å². The fourth-order valence-corrected chi connectivity index (χ4v) is 7.17. The van der Waals surface area contributed by atoms with Crippen LogP contribution in [-0.2, 0) is 11.3 Å². The van der Waals surface area contributed by atoms with E-state index in [4.69, 9.17) is 0 Å². The average Bonchev–Trinajstić information content (AvgIpc) is 3.31. The minimum absolute atomic E-state index is 0.131. The molecule has 8 nitrogen and oxygen atoms in total. The molecule has 182 valence electrons. The Kier molecular flexibility index (Phi) is 5.01. The largest absolute Gasteiger partial charge is 0.352 e. The number of amides is 1. The Labute approximate surface area is 209 Å². The quantitative estimate of drug-likeness (QED) is 0.413. The van der Waals surface area contributed by atoms with Crippen molar-refractivity contribution in [1.29, 1.82) is 0 Å². The number of nitrogens with one attached hydrogen (secondary N) is 2. The van der Waals surface area contributed by atoms with Crippen molar-refractivity contribution in [3.8, 4) is 5.69 Å². The van der Waals surface area contributed by atoms with Crippen molar-refractivity contribution in [2.24, 2.45) is 23.2 Å². The molecule has 0 radical (unpaired) electrons. The van der Waals surface area contributed by atoms with E-state index in [2.05, 4.69) is 30.9 Å². The van der Waals surface area contributed by atoms with Gasteiger partial charge >= 0.3 is 0 Å². The summed E-state index contributed by atoms with van der Waals surface area (Å²) in [5.41, 5.74) is 3.90. The van der Waals surface area contributed by atoms with Crippen molar-refractivity contribution in [3.63, 3.8) is 0 Å². The summed E-state index contributed by atoms with van der Waals surface area (Å²) in [5, 5.41) is 15.1. The first kappa shape index (κ1) is 21.5. The maximum Gasteiger partial charge on any atom is 0.229 e. The summed E-state index contributed by atoms with van der Waals surface area (Å²) in [7, 11) is 0. The molecule has 0 atom stereocenters. The summed E-state index contributed by atoms with van der Waals surface area (Å²) in [6, 6.07) is 17.9. The zero-order valence-corrected chi connectivity index (χ0v) is 20.1. The van der Waals surface area contributed by atoms with Gasteiger partial charge in [0.25, 0.3) is 0 Å². The molecule has 8 rings (SSSR count). The minimum Gasteiger partial charge on any atom is -0.352 e. The van der Waals surface area contributed by atoms with Crippen LogP contribution in [0.15, 0.2) is 60.8 Å². The predicted octanol–water partition coefficient (Wildman–Crippen LogP) is 4.79. The molecule has 0 unspecified atom stereocenters. The maximum atomic E-state index is 13.4. The lowest BCUT2D eigenvalue weighted by atomic mass is 9.49. The molecule has 2 N–H and O–H groups in total. The summed E-state index contributed by atoms with van der Waals surface area (Å²) < 4.78 is 1.72. The highest BCUT2D eigenvalue weighted by atomic mass is 16.2. The average molecular weight is 480 g/mol. The van der Waals surface area contributed by atoms with Gasteiger partial charge in [0.1, 0.15) is 0 Å². The Bertz CT molecular complexity index is 1400. The second kappa shape index (κ2) is 8.40. The SMILES string of the molecule is O=C(NCc1cccc(-n2nnc3cnc(Nc4ccccc4)nc32)c1)C12CC3CC(CC(C3)C1)C2. The first-order valence-corrected chi connectivity index (χ1v) is 12.9. The van der Waals surface area contributed by atoms with Crippen LogP contribution in [0.4, 0.5) is 11.6 Å². The van der Waals surface area contributed by atoms with Crippen LogP contribution in [0.2, 0.25) is 0 Å². The number of hydrogen-bond acceptors (Lipinski definition) is 6. The Balaban J connectivity index is 1.10. The molecule has 36 heavy (non-hydrogen) atoms. The number of carbonyl (C=O) groups is 1. The summed E-state index contributed by atoms with van der Waals surface area (Å²) in [6.07, 6.45) is 8.93. The Hall–Kier alpha value is -3.81. The molecule has 4 fully saturated rings. The first-order valence-electron chi connectivity index (χ1n) is 12.9. The third-order valence-electron chi connectivity index (χ3n) is 8.35. The van der Waals surface area contributed by atoms with Crippen molar-refractivity contribution < 1.29 is 4.79 Å². The van der Waals surface area contributed by atoms with Crippen molar-refractivity contribution in [2.75, 3.05) is 5.32 Å². The molecule has 4 bridgehead atoms. The Morgan fingerprint density at radius 1 is 0.972 bits per heavy atom. The molecule has 0 saturated heterocycles. The van der Waals surface area contributed by atoms with Gasteiger partial charge in [-0.15, -0.1) is 5.10 Å². The van der Waals surface area contributed by atoms with Gasteiger partial charge in [0, 0.05) is 17.6 Å². The summed E-state index contributed by atoms with van der Waals surface area (Å²) >= 11 is 0. The van der Waals surface area contributed by atoms with Crippen LogP contribution < -0.4 is 10.6 Å². The molecule has 1 amide bonds. The molecule has 4 aliphatic rings. The second-order valence-corrected chi connectivity index (χ2v) is 10.9. The molecular formula is C28H29N7O. The first-order chi connectivity index (χ1) is 17.6. The van der Waals surface area contributed by atoms with Crippen LogP contribution in [0.5, 0.6) is 0 Å². The molecular weight excluding hydrogens is 450 g/mol. The van der Waals surface area contributed by atoms with E-state index in [1.807, 2.05) is 54.6 Å². The van der Waals surface area contributed by atoms with E-state index >= 15 is 0 Å². The zero-order chi connectivity index (χ0) is 24.1. The van der Waals surface area contributed by atoms with Gasteiger partial charge in [0.15, 0.2) is 11.2 Å². The third kappa shape index (κ3) is 3.81. The number of hydrogen-bond donors (Lipinski definition) is 2. The van der Waals surface area contributed by atoms with E-state index in [9.17, 15) is 4.79 Å². The van der Waals surface area contributed by atoms with Crippen LogP contribution in [0.25, 0.3) is 16.9 Å². The smallest absolute Gasteiger partial charge is 0.229 e. The minimum atomic E-state index is -0.131.